The summed E-state index contributed by atoms with van der Waals surface area (Å²) in [4.78, 5) is 22.1. The average Bonchev–Trinajstić information content (AvgIpc) is 2.84. The minimum atomic E-state index is -0.537. The van der Waals surface area contributed by atoms with Gasteiger partial charge < -0.3 is 10.1 Å². The number of carbonyl (C=O) groups is 1. The molecule has 0 bridgehead atoms. The number of benzene rings is 3. The van der Waals surface area contributed by atoms with Gasteiger partial charge in [0.1, 0.15) is 16.6 Å². The van der Waals surface area contributed by atoms with Crippen LogP contribution in [0.5, 0.6) is 11.6 Å². The van der Waals surface area contributed by atoms with E-state index < -0.39 is 5.82 Å². The van der Waals surface area contributed by atoms with Crippen molar-refractivity contribution >= 4 is 35.0 Å². The van der Waals surface area contributed by atoms with Crippen LogP contribution in [0.25, 0.3) is 11.4 Å². The van der Waals surface area contributed by atoms with Gasteiger partial charge in [0, 0.05) is 17.7 Å². The Bertz CT molecular complexity index is 1400. The zero-order valence-corrected chi connectivity index (χ0v) is 19.7. The van der Waals surface area contributed by atoms with E-state index in [0.29, 0.717) is 28.8 Å². The SMILES string of the molecule is Cc1ccc(-c2nc3c(c(SCC(=O)Nc4ccc(F)c(Cl)c4)n2)Cc2ccccc2O3)cc1. The number of hydrogen-bond acceptors (Lipinski definition) is 5. The van der Waals surface area contributed by atoms with Crippen molar-refractivity contribution < 1.29 is 13.9 Å². The summed E-state index contributed by atoms with van der Waals surface area (Å²) < 4.78 is 19.5. The summed E-state index contributed by atoms with van der Waals surface area (Å²) in [5.41, 5.74) is 4.31. The molecule has 0 fully saturated rings. The van der Waals surface area contributed by atoms with Crippen LogP contribution in [0.4, 0.5) is 10.1 Å². The number of nitrogens with zero attached hydrogens (tertiary/aromatic N) is 2. The Balaban J connectivity index is 1.43. The number of hydrogen-bond donors (Lipinski definition) is 1. The van der Waals surface area contributed by atoms with Gasteiger partial charge in [0.2, 0.25) is 11.8 Å². The second-order valence-electron chi connectivity index (χ2n) is 7.85. The van der Waals surface area contributed by atoms with Crippen LogP contribution in [-0.4, -0.2) is 21.6 Å². The van der Waals surface area contributed by atoms with Crippen LogP contribution < -0.4 is 10.1 Å². The fourth-order valence-electron chi connectivity index (χ4n) is 3.58. The summed E-state index contributed by atoms with van der Waals surface area (Å²) in [6.45, 7) is 2.02. The summed E-state index contributed by atoms with van der Waals surface area (Å²) >= 11 is 7.12. The number of para-hydroxylation sites is 1. The van der Waals surface area contributed by atoms with Gasteiger partial charge in [-0.05, 0) is 36.8 Å². The Morgan fingerprint density at radius 2 is 1.91 bits per heavy atom. The molecule has 1 amide bonds. The molecule has 4 aromatic rings. The van der Waals surface area contributed by atoms with Crippen molar-refractivity contribution in [2.45, 2.75) is 18.4 Å². The van der Waals surface area contributed by atoms with E-state index >= 15 is 0 Å². The van der Waals surface area contributed by atoms with Crippen LogP contribution in [0.15, 0.2) is 71.8 Å². The minimum absolute atomic E-state index is 0.0473. The number of aromatic nitrogens is 2. The maximum absolute atomic E-state index is 13.4. The molecule has 3 aromatic carbocycles. The number of carbonyl (C=O) groups excluding carboxylic acids is 1. The number of fused-ring (bicyclic) bond motifs is 2. The lowest BCUT2D eigenvalue weighted by Gasteiger charge is -2.21. The Kier molecular flexibility index (Phi) is 6.22. The van der Waals surface area contributed by atoms with Crippen molar-refractivity contribution in [1.29, 1.82) is 0 Å². The highest BCUT2D eigenvalue weighted by atomic mass is 35.5. The molecule has 1 aliphatic rings. The fraction of sp³-hybridized carbons (Fsp3) is 0.115. The van der Waals surface area contributed by atoms with Crippen LogP contribution in [0.2, 0.25) is 5.02 Å². The Hall–Kier alpha value is -3.42. The molecule has 2 heterocycles. The van der Waals surface area contributed by atoms with Gasteiger partial charge >= 0.3 is 0 Å². The monoisotopic (exact) mass is 491 g/mol. The van der Waals surface area contributed by atoms with E-state index in [1.807, 2.05) is 55.5 Å². The zero-order valence-electron chi connectivity index (χ0n) is 18.1. The van der Waals surface area contributed by atoms with Crippen molar-refractivity contribution in [3.05, 3.63) is 94.3 Å². The van der Waals surface area contributed by atoms with Crippen molar-refractivity contribution in [3.8, 4) is 23.0 Å². The molecule has 1 aromatic heterocycles. The van der Waals surface area contributed by atoms with Gasteiger partial charge in [-0.25, -0.2) is 9.37 Å². The van der Waals surface area contributed by atoms with Crippen LogP contribution in [0.3, 0.4) is 0 Å². The maximum Gasteiger partial charge on any atom is 0.234 e. The first-order chi connectivity index (χ1) is 16.5. The molecule has 8 heteroatoms. The van der Waals surface area contributed by atoms with Crippen LogP contribution in [0.1, 0.15) is 16.7 Å². The lowest BCUT2D eigenvalue weighted by Crippen LogP contribution is -2.15. The number of rotatable bonds is 5. The lowest BCUT2D eigenvalue weighted by molar-refractivity contribution is -0.113. The number of ether oxygens (including phenoxy) is 1. The lowest BCUT2D eigenvalue weighted by atomic mass is 10.0. The van der Waals surface area contributed by atoms with E-state index in [0.717, 1.165) is 28.0 Å². The third kappa shape index (κ3) is 4.76. The van der Waals surface area contributed by atoms with Crippen LogP contribution >= 0.6 is 23.4 Å². The molecule has 1 N–H and O–H groups in total. The van der Waals surface area contributed by atoms with Crippen molar-refractivity contribution in [1.82, 2.24) is 9.97 Å². The van der Waals surface area contributed by atoms with Gasteiger partial charge in [-0.15, -0.1) is 0 Å². The van der Waals surface area contributed by atoms with E-state index in [-0.39, 0.29) is 16.7 Å². The summed E-state index contributed by atoms with van der Waals surface area (Å²) in [5.74, 6) is 1.11. The quantitative estimate of drug-likeness (QED) is 0.220. The van der Waals surface area contributed by atoms with Gasteiger partial charge in [0.15, 0.2) is 5.82 Å². The maximum atomic E-state index is 13.4. The summed E-state index contributed by atoms with van der Waals surface area (Å²) in [6, 6.07) is 19.8. The number of thioether (sulfide) groups is 1. The molecule has 0 atom stereocenters. The van der Waals surface area contributed by atoms with Gasteiger partial charge in [-0.2, -0.15) is 4.98 Å². The van der Waals surface area contributed by atoms with E-state index in [2.05, 4.69) is 10.3 Å². The molecular weight excluding hydrogens is 473 g/mol. The highest BCUT2D eigenvalue weighted by Crippen LogP contribution is 2.40. The van der Waals surface area contributed by atoms with Crippen molar-refractivity contribution in [3.63, 3.8) is 0 Å². The van der Waals surface area contributed by atoms with Gasteiger partial charge in [-0.1, -0.05) is 71.4 Å². The molecule has 170 valence electrons. The second kappa shape index (κ2) is 9.44. The predicted octanol–water partition coefficient (Wildman–Crippen LogP) is 6.67. The minimum Gasteiger partial charge on any atom is -0.438 e. The second-order valence-corrected chi connectivity index (χ2v) is 9.23. The number of aryl methyl sites for hydroxylation is 1. The molecule has 0 unspecified atom stereocenters. The summed E-state index contributed by atoms with van der Waals surface area (Å²) in [5, 5.41) is 3.38. The first-order valence-electron chi connectivity index (χ1n) is 10.6. The van der Waals surface area contributed by atoms with Gasteiger partial charge in [0.25, 0.3) is 0 Å². The molecule has 0 radical (unpaired) electrons. The zero-order chi connectivity index (χ0) is 23.7. The fourth-order valence-corrected chi connectivity index (χ4v) is 4.58. The van der Waals surface area contributed by atoms with Crippen LogP contribution in [-0.2, 0) is 11.2 Å². The Morgan fingerprint density at radius 3 is 2.71 bits per heavy atom. The molecule has 34 heavy (non-hydrogen) atoms. The summed E-state index contributed by atoms with van der Waals surface area (Å²) in [6.07, 6.45) is 0.608. The van der Waals surface area contributed by atoms with Crippen LogP contribution in [0, 0.1) is 12.7 Å². The van der Waals surface area contributed by atoms with E-state index in [1.54, 1.807) is 0 Å². The number of amides is 1. The van der Waals surface area contributed by atoms with Crippen molar-refractivity contribution in [2.75, 3.05) is 11.1 Å². The van der Waals surface area contributed by atoms with E-state index in [4.69, 9.17) is 21.3 Å². The topological polar surface area (TPSA) is 64.1 Å². The van der Waals surface area contributed by atoms with Gasteiger partial charge in [0.05, 0.1) is 16.3 Å². The molecule has 0 saturated heterocycles. The third-order valence-electron chi connectivity index (χ3n) is 5.33. The predicted molar refractivity (Wildman–Crippen MR) is 132 cm³/mol. The third-order valence-corrected chi connectivity index (χ3v) is 6.64. The highest BCUT2D eigenvalue weighted by Gasteiger charge is 2.24. The van der Waals surface area contributed by atoms with Gasteiger partial charge in [-0.3, -0.25) is 4.79 Å². The molecule has 0 spiro atoms. The number of nitrogens with one attached hydrogen (secondary N) is 1. The van der Waals surface area contributed by atoms with E-state index in [1.165, 1.54) is 30.0 Å². The number of anilines is 1. The largest absolute Gasteiger partial charge is 0.438 e. The molecule has 5 nitrogen and oxygen atoms in total. The highest BCUT2D eigenvalue weighted by molar-refractivity contribution is 8.00. The molecule has 0 aliphatic carbocycles. The first kappa shape index (κ1) is 22.4. The molecule has 0 saturated carbocycles. The average molecular weight is 492 g/mol. The molecular formula is C26H19ClFN3O2S. The normalized spacial score (nSPS) is 11.9. The van der Waals surface area contributed by atoms with Crippen molar-refractivity contribution in [2.24, 2.45) is 0 Å². The Labute approximate surface area is 205 Å². The smallest absolute Gasteiger partial charge is 0.234 e. The molecule has 1 aliphatic heterocycles. The summed E-state index contributed by atoms with van der Waals surface area (Å²) in [7, 11) is 0. The van der Waals surface area contributed by atoms with E-state index in [9.17, 15) is 9.18 Å². The Morgan fingerprint density at radius 1 is 1.12 bits per heavy atom. The first-order valence-corrected chi connectivity index (χ1v) is 11.9. The molecule has 5 rings (SSSR count). The number of halogens is 2. The standard InChI is InChI=1S/C26H19ClFN3O2S/c1-15-6-8-16(9-7-15)24-30-25-19(12-17-4-2-3-5-22(17)33-25)26(31-24)34-14-23(32)29-18-10-11-21(28)20(27)13-18/h2-11,13H,12,14H2,1H3,(H,29,32).